The van der Waals surface area contributed by atoms with Gasteiger partial charge in [-0.05, 0) is 52.6 Å². The third kappa shape index (κ3) is 4.52. The second kappa shape index (κ2) is 5.86. The van der Waals surface area contributed by atoms with Crippen LogP contribution in [0.4, 0.5) is 0 Å². The van der Waals surface area contributed by atoms with E-state index in [1.54, 1.807) is 0 Å². The SMILES string of the molecule is CC(C)CC(C)NC1CCC(N(C)C)C1. The number of hydrogen-bond donors (Lipinski definition) is 1. The third-order valence-electron chi connectivity index (χ3n) is 3.48. The van der Waals surface area contributed by atoms with Crippen molar-refractivity contribution in [1.82, 2.24) is 10.2 Å². The molecule has 3 atom stereocenters. The topological polar surface area (TPSA) is 15.3 Å². The van der Waals surface area contributed by atoms with Crippen molar-refractivity contribution in [3.05, 3.63) is 0 Å². The number of nitrogens with one attached hydrogen (secondary N) is 1. The van der Waals surface area contributed by atoms with E-state index in [9.17, 15) is 0 Å². The van der Waals surface area contributed by atoms with Crippen LogP contribution in [0, 0.1) is 5.92 Å². The van der Waals surface area contributed by atoms with E-state index >= 15 is 0 Å². The van der Waals surface area contributed by atoms with Gasteiger partial charge in [0.15, 0.2) is 0 Å². The predicted octanol–water partition coefficient (Wildman–Crippen LogP) is 2.49. The van der Waals surface area contributed by atoms with Crippen LogP contribution in [-0.4, -0.2) is 37.1 Å². The highest BCUT2D eigenvalue weighted by atomic mass is 15.1. The van der Waals surface area contributed by atoms with Gasteiger partial charge in [0.05, 0.1) is 0 Å². The minimum absolute atomic E-state index is 0.677. The van der Waals surface area contributed by atoms with Gasteiger partial charge in [-0.15, -0.1) is 0 Å². The first-order valence-corrected chi connectivity index (χ1v) is 6.41. The summed E-state index contributed by atoms with van der Waals surface area (Å²) in [5, 5.41) is 3.77. The van der Waals surface area contributed by atoms with Gasteiger partial charge in [-0.2, -0.15) is 0 Å². The summed E-state index contributed by atoms with van der Waals surface area (Å²) in [6, 6.07) is 2.23. The Hall–Kier alpha value is -0.0800. The van der Waals surface area contributed by atoms with Gasteiger partial charge in [0.1, 0.15) is 0 Å². The van der Waals surface area contributed by atoms with Gasteiger partial charge >= 0.3 is 0 Å². The van der Waals surface area contributed by atoms with Crippen LogP contribution < -0.4 is 5.32 Å². The van der Waals surface area contributed by atoms with Crippen LogP contribution in [0.15, 0.2) is 0 Å². The molecule has 0 heterocycles. The fourth-order valence-electron chi connectivity index (χ4n) is 2.76. The van der Waals surface area contributed by atoms with Crippen LogP contribution in [0.25, 0.3) is 0 Å². The van der Waals surface area contributed by atoms with Crippen LogP contribution >= 0.6 is 0 Å². The molecule has 0 aromatic rings. The van der Waals surface area contributed by atoms with Gasteiger partial charge < -0.3 is 10.2 Å². The van der Waals surface area contributed by atoms with E-state index in [1.807, 2.05) is 0 Å². The van der Waals surface area contributed by atoms with E-state index in [4.69, 9.17) is 0 Å². The predicted molar refractivity (Wildman–Crippen MR) is 67.2 cm³/mol. The Balaban J connectivity index is 2.23. The molecule has 0 spiro atoms. The average Bonchev–Trinajstić information content (AvgIpc) is 2.50. The molecule has 1 rings (SSSR count). The molecule has 2 heteroatoms. The molecule has 1 saturated carbocycles. The lowest BCUT2D eigenvalue weighted by atomic mass is 10.0. The Morgan fingerprint density at radius 3 is 2.33 bits per heavy atom. The first-order valence-electron chi connectivity index (χ1n) is 6.41. The average molecular weight is 212 g/mol. The van der Waals surface area contributed by atoms with E-state index in [0.29, 0.717) is 6.04 Å². The highest BCUT2D eigenvalue weighted by molar-refractivity contribution is 4.86. The largest absolute Gasteiger partial charge is 0.311 e. The standard InChI is InChI=1S/C13H28N2/c1-10(2)8-11(3)14-12-6-7-13(9-12)15(4)5/h10-14H,6-9H2,1-5H3. The molecule has 0 bridgehead atoms. The van der Waals surface area contributed by atoms with Gasteiger partial charge in [-0.1, -0.05) is 13.8 Å². The minimum Gasteiger partial charge on any atom is -0.311 e. The molecule has 0 saturated heterocycles. The maximum atomic E-state index is 3.77. The molecule has 0 aromatic heterocycles. The first-order chi connectivity index (χ1) is 6.99. The summed E-state index contributed by atoms with van der Waals surface area (Å²) >= 11 is 0. The molecule has 0 radical (unpaired) electrons. The first kappa shape index (κ1) is 13.0. The van der Waals surface area contributed by atoms with Gasteiger partial charge in [-0.25, -0.2) is 0 Å². The van der Waals surface area contributed by atoms with Crippen molar-refractivity contribution in [2.75, 3.05) is 14.1 Å². The summed E-state index contributed by atoms with van der Waals surface area (Å²) in [5.74, 6) is 0.804. The van der Waals surface area contributed by atoms with E-state index in [-0.39, 0.29) is 0 Å². The molecule has 3 unspecified atom stereocenters. The van der Waals surface area contributed by atoms with Crippen molar-refractivity contribution < 1.29 is 0 Å². The smallest absolute Gasteiger partial charge is 0.0105 e. The van der Waals surface area contributed by atoms with Gasteiger partial charge in [0.2, 0.25) is 0 Å². The Bertz CT molecular complexity index is 177. The zero-order chi connectivity index (χ0) is 11.4. The van der Waals surface area contributed by atoms with Crippen molar-refractivity contribution in [2.45, 2.75) is 64.6 Å². The summed E-state index contributed by atoms with van der Waals surface area (Å²) < 4.78 is 0. The van der Waals surface area contributed by atoms with Crippen LogP contribution in [0.2, 0.25) is 0 Å². The normalized spacial score (nSPS) is 29.0. The monoisotopic (exact) mass is 212 g/mol. The number of rotatable bonds is 5. The summed E-state index contributed by atoms with van der Waals surface area (Å²) in [5.41, 5.74) is 0. The maximum absolute atomic E-state index is 3.77. The van der Waals surface area contributed by atoms with Crippen LogP contribution in [0.5, 0.6) is 0 Å². The Kier molecular flexibility index (Phi) is 5.07. The molecule has 1 aliphatic rings. The molecule has 1 fully saturated rings. The van der Waals surface area contributed by atoms with Crippen molar-refractivity contribution in [2.24, 2.45) is 5.92 Å². The Morgan fingerprint density at radius 2 is 1.87 bits per heavy atom. The summed E-state index contributed by atoms with van der Waals surface area (Å²) in [4.78, 5) is 2.37. The molecule has 1 aliphatic carbocycles. The van der Waals surface area contributed by atoms with E-state index in [0.717, 1.165) is 18.0 Å². The molecular formula is C13H28N2. The Labute approximate surface area is 95.4 Å². The minimum atomic E-state index is 0.677. The lowest BCUT2D eigenvalue weighted by Gasteiger charge is -2.22. The third-order valence-corrected chi connectivity index (χ3v) is 3.48. The molecule has 0 aromatic carbocycles. The molecule has 1 N–H and O–H groups in total. The number of hydrogen-bond acceptors (Lipinski definition) is 2. The second-order valence-corrected chi connectivity index (χ2v) is 5.82. The van der Waals surface area contributed by atoms with Crippen LogP contribution in [0.3, 0.4) is 0 Å². The molecule has 15 heavy (non-hydrogen) atoms. The molecule has 2 nitrogen and oxygen atoms in total. The lowest BCUT2D eigenvalue weighted by Crippen LogP contribution is -2.37. The molecule has 90 valence electrons. The van der Waals surface area contributed by atoms with Crippen molar-refractivity contribution >= 4 is 0 Å². The number of nitrogens with zero attached hydrogens (tertiary/aromatic N) is 1. The summed E-state index contributed by atoms with van der Waals surface area (Å²) in [7, 11) is 4.40. The summed E-state index contributed by atoms with van der Waals surface area (Å²) in [6.07, 6.45) is 5.34. The molecule has 0 amide bonds. The zero-order valence-electron chi connectivity index (χ0n) is 11.1. The fraction of sp³-hybridized carbons (Fsp3) is 1.00. The van der Waals surface area contributed by atoms with Crippen molar-refractivity contribution in [1.29, 1.82) is 0 Å². The lowest BCUT2D eigenvalue weighted by molar-refractivity contribution is 0.289. The molecular weight excluding hydrogens is 184 g/mol. The van der Waals surface area contributed by atoms with E-state index in [2.05, 4.69) is 45.1 Å². The van der Waals surface area contributed by atoms with Crippen molar-refractivity contribution in [3.8, 4) is 0 Å². The highest BCUT2D eigenvalue weighted by Crippen LogP contribution is 2.23. The zero-order valence-corrected chi connectivity index (χ0v) is 11.1. The van der Waals surface area contributed by atoms with E-state index in [1.165, 1.54) is 25.7 Å². The second-order valence-electron chi connectivity index (χ2n) is 5.82. The molecule has 0 aliphatic heterocycles. The summed E-state index contributed by atoms with van der Waals surface area (Å²) in [6.45, 7) is 6.92. The maximum Gasteiger partial charge on any atom is 0.0105 e. The quantitative estimate of drug-likeness (QED) is 0.753. The van der Waals surface area contributed by atoms with Gasteiger partial charge in [-0.3, -0.25) is 0 Å². The Morgan fingerprint density at radius 1 is 1.20 bits per heavy atom. The van der Waals surface area contributed by atoms with Crippen LogP contribution in [-0.2, 0) is 0 Å². The van der Waals surface area contributed by atoms with Crippen molar-refractivity contribution in [3.63, 3.8) is 0 Å². The van der Waals surface area contributed by atoms with Gasteiger partial charge in [0, 0.05) is 18.1 Å². The fourth-order valence-corrected chi connectivity index (χ4v) is 2.76. The highest BCUT2D eigenvalue weighted by Gasteiger charge is 2.26. The van der Waals surface area contributed by atoms with Crippen LogP contribution in [0.1, 0.15) is 46.5 Å². The van der Waals surface area contributed by atoms with E-state index < -0.39 is 0 Å². The van der Waals surface area contributed by atoms with Gasteiger partial charge in [0.25, 0.3) is 0 Å².